The molecule has 4 rings (SSSR count). The Hall–Kier alpha value is -2.26. The van der Waals surface area contributed by atoms with E-state index >= 15 is 0 Å². The number of hydrogen-bond acceptors (Lipinski definition) is 6. The lowest BCUT2D eigenvalue weighted by molar-refractivity contribution is 0.0934. The van der Waals surface area contributed by atoms with Crippen LogP contribution in [0, 0.1) is 0 Å². The fraction of sp³-hybridized carbons (Fsp3) is 0.333. The molecule has 0 fully saturated rings. The van der Waals surface area contributed by atoms with Crippen LogP contribution in [0.4, 0.5) is 9.80 Å². The first-order valence-electron chi connectivity index (χ1n) is 8.60. The Labute approximate surface area is 168 Å². The van der Waals surface area contributed by atoms with Crippen molar-refractivity contribution in [3.8, 4) is 5.75 Å². The van der Waals surface area contributed by atoms with Gasteiger partial charge < -0.3 is 25.4 Å². The highest BCUT2D eigenvalue weighted by atomic mass is 79.9. The lowest BCUT2D eigenvalue weighted by atomic mass is 10.0. The maximum Gasteiger partial charge on any atom is 0.410 e. The van der Waals surface area contributed by atoms with Crippen molar-refractivity contribution in [2.45, 2.75) is 26.1 Å². The van der Waals surface area contributed by atoms with E-state index in [9.17, 15) is 14.7 Å². The number of aromatic hydroxyl groups is 1. The van der Waals surface area contributed by atoms with Gasteiger partial charge in [0.15, 0.2) is 0 Å². The monoisotopic (exact) mass is 451 g/mol. The number of rotatable bonds is 2. The highest BCUT2D eigenvalue weighted by molar-refractivity contribution is 9.10. The molecule has 1 aromatic heterocycles. The van der Waals surface area contributed by atoms with Crippen molar-refractivity contribution in [3.05, 3.63) is 44.2 Å². The fourth-order valence-corrected chi connectivity index (χ4v) is 5.07. The number of nitrogens with zero attached hydrogens (tertiary/aromatic N) is 1. The summed E-state index contributed by atoms with van der Waals surface area (Å²) in [4.78, 5) is 27.4. The summed E-state index contributed by atoms with van der Waals surface area (Å²) < 4.78 is 5.90. The summed E-state index contributed by atoms with van der Waals surface area (Å²) in [7, 11) is 0. The predicted molar refractivity (Wildman–Crippen MR) is 105 cm³/mol. The van der Waals surface area contributed by atoms with E-state index in [1.807, 2.05) is 0 Å². The lowest BCUT2D eigenvalue weighted by Crippen LogP contribution is -2.39. The van der Waals surface area contributed by atoms with Crippen LogP contribution in [-0.4, -0.2) is 35.2 Å². The minimum atomic E-state index is -0.524. The molecule has 0 saturated heterocycles. The quantitative estimate of drug-likeness (QED) is 0.648. The number of nitrogens with one attached hydrogen (secondary N) is 2. The van der Waals surface area contributed by atoms with Crippen LogP contribution in [0.5, 0.6) is 5.75 Å². The second kappa shape index (κ2) is 7.05. The zero-order valence-electron chi connectivity index (χ0n) is 14.5. The normalized spacial score (nSPS) is 18.2. The SMILES string of the molecule is CCOC(=O)N1CCc2c(sc3c2C(=O)NC(c2cc(Br)ccc2O)N3)C1. The molecule has 0 spiro atoms. The van der Waals surface area contributed by atoms with Crippen LogP contribution in [0.2, 0.25) is 0 Å². The minimum Gasteiger partial charge on any atom is -0.508 e. The molecule has 2 amide bonds. The summed E-state index contributed by atoms with van der Waals surface area (Å²) in [6, 6.07) is 5.09. The van der Waals surface area contributed by atoms with E-state index in [1.54, 1.807) is 30.0 Å². The number of hydrogen-bond donors (Lipinski definition) is 3. The third-order valence-corrected chi connectivity index (χ3v) is 6.30. The number of benzene rings is 1. The summed E-state index contributed by atoms with van der Waals surface area (Å²) in [5, 5.41) is 17.2. The number of amides is 2. The Morgan fingerprint density at radius 3 is 3.04 bits per heavy atom. The van der Waals surface area contributed by atoms with Crippen LogP contribution in [0.25, 0.3) is 0 Å². The first-order valence-corrected chi connectivity index (χ1v) is 10.2. The van der Waals surface area contributed by atoms with Crippen LogP contribution in [-0.2, 0) is 17.7 Å². The van der Waals surface area contributed by atoms with Gasteiger partial charge in [-0.25, -0.2) is 4.79 Å². The van der Waals surface area contributed by atoms with Crippen LogP contribution in [0.3, 0.4) is 0 Å². The number of anilines is 1. The van der Waals surface area contributed by atoms with Gasteiger partial charge in [-0.15, -0.1) is 11.3 Å². The van der Waals surface area contributed by atoms with E-state index in [2.05, 4.69) is 26.6 Å². The third-order valence-electron chi connectivity index (χ3n) is 4.66. The highest BCUT2D eigenvalue weighted by Crippen LogP contribution is 2.42. The lowest BCUT2D eigenvalue weighted by Gasteiger charge is -2.28. The molecule has 142 valence electrons. The predicted octanol–water partition coefficient (Wildman–Crippen LogP) is 3.58. The Kier molecular flexibility index (Phi) is 4.73. The molecule has 1 atom stereocenters. The molecule has 0 radical (unpaired) electrons. The topological polar surface area (TPSA) is 90.9 Å². The number of carbonyl (C=O) groups excluding carboxylic acids is 2. The highest BCUT2D eigenvalue weighted by Gasteiger charge is 2.35. The number of thiophene rings is 1. The fourth-order valence-electron chi connectivity index (χ4n) is 3.40. The smallest absolute Gasteiger partial charge is 0.410 e. The summed E-state index contributed by atoms with van der Waals surface area (Å²) in [5.74, 6) is -0.0653. The summed E-state index contributed by atoms with van der Waals surface area (Å²) >= 11 is 4.87. The van der Waals surface area contributed by atoms with E-state index in [0.717, 1.165) is 19.9 Å². The van der Waals surface area contributed by atoms with Gasteiger partial charge in [-0.3, -0.25) is 4.79 Å². The molecule has 0 aliphatic carbocycles. The molecule has 3 heterocycles. The van der Waals surface area contributed by atoms with Crippen LogP contribution in [0.15, 0.2) is 22.7 Å². The van der Waals surface area contributed by atoms with Crippen molar-refractivity contribution in [2.24, 2.45) is 0 Å². The van der Waals surface area contributed by atoms with E-state index < -0.39 is 6.17 Å². The standard InChI is InChI=1S/C18H18BrN3O4S/c1-2-26-18(25)22-6-5-10-13(8-22)27-17-14(10)16(24)20-15(21-17)11-7-9(19)3-4-12(11)23/h3-4,7,15,21,23H,2,5-6,8H2,1H3,(H,20,24). The molecule has 3 N–H and O–H groups in total. The second-order valence-electron chi connectivity index (χ2n) is 6.33. The molecule has 7 nitrogen and oxygen atoms in total. The molecule has 0 saturated carbocycles. The Morgan fingerprint density at radius 2 is 2.26 bits per heavy atom. The third kappa shape index (κ3) is 3.25. The molecular formula is C18H18BrN3O4S. The molecular weight excluding hydrogens is 434 g/mol. The number of phenols is 1. The van der Waals surface area contributed by atoms with Gasteiger partial charge in [0.2, 0.25) is 0 Å². The first-order chi connectivity index (χ1) is 13.0. The molecule has 2 aromatic rings. The van der Waals surface area contributed by atoms with Gasteiger partial charge in [-0.05, 0) is 37.1 Å². The zero-order chi connectivity index (χ0) is 19.1. The van der Waals surface area contributed by atoms with E-state index in [4.69, 9.17) is 4.74 Å². The number of phenolic OH excluding ortho intramolecular Hbond substituents is 1. The van der Waals surface area contributed by atoms with Crippen molar-refractivity contribution in [1.29, 1.82) is 0 Å². The van der Waals surface area contributed by atoms with Crippen molar-refractivity contribution in [3.63, 3.8) is 0 Å². The number of halogens is 1. The van der Waals surface area contributed by atoms with Gasteiger partial charge in [-0.1, -0.05) is 15.9 Å². The number of ether oxygens (including phenoxy) is 1. The van der Waals surface area contributed by atoms with E-state index in [-0.39, 0.29) is 17.7 Å². The maximum absolute atomic E-state index is 12.8. The first kappa shape index (κ1) is 18.1. The van der Waals surface area contributed by atoms with E-state index in [1.165, 1.54) is 11.3 Å². The largest absolute Gasteiger partial charge is 0.508 e. The number of fused-ring (bicyclic) bond motifs is 3. The summed E-state index contributed by atoms with van der Waals surface area (Å²) in [6.45, 7) is 3.08. The molecule has 0 bridgehead atoms. The van der Waals surface area contributed by atoms with Gasteiger partial charge >= 0.3 is 6.09 Å². The molecule has 27 heavy (non-hydrogen) atoms. The Balaban J connectivity index is 1.63. The van der Waals surface area contributed by atoms with Crippen molar-refractivity contribution in [2.75, 3.05) is 18.5 Å². The number of carbonyl (C=O) groups is 2. The minimum absolute atomic E-state index is 0.106. The second-order valence-corrected chi connectivity index (χ2v) is 8.35. The van der Waals surface area contributed by atoms with Crippen LogP contribution < -0.4 is 10.6 Å². The Bertz CT molecular complexity index is 930. The van der Waals surface area contributed by atoms with Gasteiger partial charge in [0, 0.05) is 21.5 Å². The van der Waals surface area contributed by atoms with Crippen molar-refractivity contribution >= 4 is 44.3 Å². The van der Waals surface area contributed by atoms with Crippen LogP contribution >= 0.6 is 27.3 Å². The van der Waals surface area contributed by atoms with Gasteiger partial charge in [0.25, 0.3) is 5.91 Å². The maximum atomic E-state index is 12.8. The molecule has 1 unspecified atom stereocenters. The van der Waals surface area contributed by atoms with Crippen molar-refractivity contribution in [1.82, 2.24) is 10.2 Å². The molecule has 2 aliphatic rings. The summed E-state index contributed by atoms with van der Waals surface area (Å²) in [5.41, 5.74) is 2.21. The average molecular weight is 452 g/mol. The molecule has 9 heteroatoms. The van der Waals surface area contributed by atoms with Gasteiger partial charge in [0.05, 0.1) is 18.7 Å². The summed E-state index contributed by atoms with van der Waals surface area (Å²) in [6.07, 6.45) is -0.241. The molecule has 2 aliphatic heterocycles. The van der Waals surface area contributed by atoms with Crippen LogP contribution in [0.1, 0.15) is 39.5 Å². The molecule has 1 aromatic carbocycles. The van der Waals surface area contributed by atoms with Gasteiger partial charge in [-0.2, -0.15) is 0 Å². The van der Waals surface area contributed by atoms with E-state index in [0.29, 0.717) is 37.2 Å². The van der Waals surface area contributed by atoms with Crippen molar-refractivity contribution < 1.29 is 19.4 Å². The average Bonchev–Trinajstić information content (AvgIpc) is 3.01. The Morgan fingerprint density at radius 1 is 1.44 bits per heavy atom. The van der Waals surface area contributed by atoms with Gasteiger partial charge in [0.1, 0.15) is 16.9 Å². The zero-order valence-corrected chi connectivity index (χ0v) is 16.9.